The molecule has 4 rings (SSSR count). The zero-order valence-electron chi connectivity index (χ0n) is 17.3. The van der Waals surface area contributed by atoms with Crippen molar-refractivity contribution in [3.63, 3.8) is 0 Å². The van der Waals surface area contributed by atoms with Crippen molar-refractivity contribution in [2.75, 3.05) is 5.75 Å². The number of thioether (sulfide) groups is 1. The minimum atomic E-state index is -0.282. The molecule has 0 radical (unpaired) electrons. The zero-order valence-corrected chi connectivity index (χ0v) is 18.1. The Bertz CT molecular complexity index is 1040. The second-order valence-electron chi connectivity index (χ2n) is 8.14. The van der Waals surface area contributed by atoms with Crippen LogP contribution in [0.5, 0.6) is 0 Å². The van der Waals surface area contributed by atoms with Gasteiger partial charge in [0.05, 0.1) is 5.75 Å². The summed E-state index contributed by atoms with van der Waals surface area (Å²) in [4.78, 5) is 12.6. The second kappa shape index (κ2) is 9.13. The van der Waals surface area contributed by atoms with Gasteiger partial charge in [0.2, 0.25) is 5.91 Å². The Kier molecular flexibility index (Phi) is 6.32. The van der Waals surface area contributed by atoms with Gasteiger partial charge in [0.25, 0.3) is 0 Å². The van der Waals surface area contributed by atoms with Gasteiger partial charge in [-0.3, -0.25) is 4.79 Å². The number of rotatable bonds is 5. The maximum atomic E-state index is 13.3. The van der Waals surface area contributed by atoms with Gasteiger partial charge in [0.15, 0.2) is 0 Å². The number of halogens is 1. The van der Waals surface area contributed by atoms with Gasteiger partial charge in [-0.2, -0.15) is 0 Å². The van der Waals surface area contributed by atoms with Gasteiger partial charge in [-0.25, -0.2) is 4.39 Å². The molecule has 3 aromatic rings. The van der Waals surface area contributed by atoms with E-state index in [9.17, 15) is 9.18 Å². The normalized spacial score (nSPS) is 21.5. The molecule has 0 spiro atoms. The molecule has 0 aliphatic heterocycles. The van der Waals surface area contributed by atoms with E-state index in [1.54, 1.807) is 12.1 Å². The fraction of sp³-hybridized carbons (Fsp3) is 0.375. The Morgan fingerprint density at radius 3 is 2.57 bits per heavy atom. The van der Waals surface area contributed by atoms with Gasteiger partial charge < -0.3 is 5.32 Å². The molecule has 1 aliphatic rings. The highest BCUT2D eigenvalue weighted by molar-refractivity contribution is 8.00. The van der Waals surface area contributed by atoms with Crippen LogP contribution >= 0.6 is 11.8 Å². The molecule has 2 aromatic carbocycles. The number of carbonyl (C=O) groups is 1. The summed E-state index contributed by atoms with van der Waals surface area (Å²) in [6, 6.07) is 14.4. The van der Waals surface area contributed by atoms with Gasteiger partial charge >= 0.3 is 0 Å². The molecular weight excluding hydrogens is 397 g/mol. The minimum Gasteiger partial charge on any atom is -0.352 e. The first-order valence-corrected chi connectivity index (χ1v) is 11.4. The van der Waals surface area contributed by atoms with Crippen molar-refractivity contribution < 1.29 is 9.18 Å². The molecule has 1 amide bonds. The first-order valence-electron chi connectivity index (χ1n) is 10.5. The highest BCUT2D eigenvalue weighted by atomic mass is 32.2. The van der Waals surface area contributed by atoms with Crippen molar-refractivity contribution >= 4 is 28.4 Å². The van der Waals surface area contributed by atoms with Crippen LogP contribution in [0.1, 0.15) is 33.1 Å². The van der Waals surface area contributed by atoms with Crippen molar-refractivity contribution in [3.05, 3.63) is 54.3 Å². The number of hydrogen-bond acceptors (Lipinski definition) is 4. The molecule has 30 heavy (non-hydrogen) atoms. The fourth-order valence-electron chi connectivity index (χ4n) is 4.17. The molecule has 1 saturated carbocycles. The molecule has 1 fully saturated rings. The first kappa shape index (κ1) is 20.8. The van der Waals surface area contributed by atoms with Crippen LogP contribution in [0, 0.1) is 17.7 Å². The lowest BCUT2D eigenvalue weighted by atomic mass is 9.78. The fourth-order valence-corrected chi connectivity index (χ4v) is 4.96. The monoisotopic (exact) mass is 423 g/mol. The highest BCUT2D eigenvalue weighted by Crippen LogP contribution is 2.32. The third-order valence-electron chi connectivity index (χ3n) is 6.16. The second-order valence-corrected chi connectivity index (χ2v) is 9.10. The van der Waals surface area contributed by atoms with Crippen molar-refractivity contribution in [2.24, 2.45) is 11.8 Å². The molecule has 0 saturated heterocycles. The Hall–Kier alpha value is -2.47. The van der Waals surface area contributed by atoms with Crippen molar-refractivity contribution in [3.8, 4) is 11.3 Å². The van der Waals surface area contributed by atoms with Crippen LogP contribution in [0.25, 0.3) is 22.0 Å². The van der Waals surface area contributed by atoms with Crippen LogP contribution in [-0.4, -0.2) is 27.9 Å². The van der Waals surface area contributed by atoms with Gasteiger partial charge in [0.1, 0.15) is 16.5 Å². The smallest absolute Gasteiger partial charge is 0.230 e. The van der Waals surface area contributed by atoms with Crippen LogP contribution in [0.4, 0.5) is 4.39 Å². The summed E-state index contributed by atoms with van der Waals surface area (Å²) >= 11 is 1.41. The molecule has 1 N–H and O–H groups in total. The van der Waals surface area contributed by atoms with E-state index >= 15 is 0 Å². The van der Waals surface area contributed by atoms with Crippen molar-refractivity contribution in [2.45, 2.75) is 44.2 Å². The average molecular weight is 424 g/mol. The van der Waals surface area contributed by atoms with E-state index in [0.29, 0.717) is 23.3 Å². The van der Waals surface area contributed by atoms with E-state index in [4.69, 9.17) is 0 Å². The van der Waals surface area contributed by atoms with Gasteiger partial charge in [-0.1, -0.05) is 62.7 Å². The van der Waals surface area contributed by atoms with Crippen LogP contribution < -0.4 is 5.32 Å². The standard InChI is InChI=1S/C24H26FN3OS/c1-15-6-5-9-21(16(15)2)26-22(29)14-30-24-20-8-4-3-7-19(20)23(27-28-24)17-10-12-18(25)13-11-17/h3-4,7-8,10-13,15-16,21H,5-6,9,14H2,1-2H3,(H,26,29)/t15-,16-,21+/m1/s1. The topological polar surface area (TPSA) is 54.9 Å². The molecule has 4 nitrogen and oxygen atoms in total. The van der Waals surface area contributed by atoms with E-state index < -0.39 is 0 Å². The molecule has 3 atom stereocenters. The first-order chi connectivity index (χ1) is 14.5. The summed E-state index contributed by atoms with van der Waals surface area (Å²) < 4.78 is 13.3. The molecule has 0 unspecified atom stereocenters. The lowest BCUT2D eigenvalue weighted by Crippen LogP contribution is -2.44. The Morgan fingerprint density at radius 1 is 1.07 bits per heavy atom. The molecule has 1 heterocycles. The number of nitrogens with zero attached hydrogens (tertiary/aromatic N) is 2. The van der Waals surface area contributed by atoms with E-state index in [1.165, 1.54) is 36.7 Å². The maximum Gasteiger partial charge on any atom is 0.230 e. The van der Waals surface area contributed by atoms with Crippen LogP contribution in [0.3, 0.4) is 0 Å². The van der Waals surface area contributed by atoms with Gasteiger partial charge in [-0.15, -0.1) is 10.2 Å². The SMILES string of the molecule is C[C@@H]1[C@H](C)CCC[C@@H]1NC(=O)CSc1nnc(-c2ccc(F)cc2)c2ccccc12. The van der Waals surface area contributed by atoms with E-state index in [1.807, 2.05) is 24.3 Å². The van der Waals surface area contributed by atoms with Gasteiger partial charge in [0, 0.05) is 22.4 Å². The summed E-state index contributed by atoms with van der Waals surface area (Å²) in [5.41, 5.74) is 1.53. The zero-order chi connectivity index (χ0) is 21.1. The number of aromatic nitrogens is 2. The Labute approximate surface area is 180 Å². The molecule has 1 aliphatic carbocycles. The lowest BCUT2D eigenvalue weighted by molar-refractivity contribution is -0.119. The average Bonchev–Trinajstić information content (AvgIpc) is 2.76. The third-order valence-corrected chi connectivity index (χ3v) is 7.15. The summed E-state index contributed by atoms with van der Waals surface area (Å²) in [5, 5.41) is 14.6. The molecule has 0 bridgehead atoms. The summed E-state index contributed by atoms with van der Waals surface area (Å²) in [6.07, 6.45) is 3.46. The molecular formula is C24H26FN3OS. The summed E-state index contributed by atoms with van der Waals surface area (Å²) in [7, 11) is 0. The van der Waals surface area contributed by atoms with Gasteiger partial charge in [-0.05, 0) is 42.5 Å². The number of carbonyl (C=O) groups excluding carboxylic acids is 1. The largest absolute Gasteiger partial charge is 0.352 e. The third kappa shape index (κ3) is 4.48. The van der Waals surface area contributed by atoms with E-state index in [-0.39, 0.29) is 17.8 Å². The van der Waals surface area contributed by atoms with Crippen molar-refractivity contribution in [1.82, 2.24) is 15.5 Å². The highest BCUT2D eigenvalue weighted by Gasteiger charge is 2.28. The Morgan fingerprint density at radius 2 is 1.80 bits per heavy atom. The summed E-state index contributed by atoms with van der Waals surface area (Å²) in [6.45, 7) is 4.50. The summed E-state index contributed by atoms with van der Waals surface area (Å²) in [5.74, 6) is 1.22. The molecule has 6 heteroatoms. The quantitative estimate of drug-likeness (QED) is 0.553. The Balaban J connectivity index is 1.50. The minimum absolute atomic E-state index is 0.0412. The maximum absolute atomic E-state index is 13.3. The number of fused-ring (bicyclic) bond motifs is 1. The van der Waals surface area contributed by atoms with Crippen LogP contribution in [0.15, 0.2) is 53.6 Å². The number of amides is 1. The number of benzene rings is 2. The lowest BCUT2D eigenvalue weighted by Gasteiger charge is -2.34. The molecule has 156 valence electrons. The van der Waals surface area contributed by atoms with Crippen LogP contribution in [0.2, 0.25) is 0 Å². The van der Waals surface area contributed by atoms with Crippen LogP contribution in [-0.2, 0) is 4.79 Å². The predicted molar refractivity (Wildman–Crippen MR) is 120 cm³/mol. The van der Waals surface area contributed by atoms with Crippen molar-refractivity contribution in [1.29, 1.82) is 0 Å². The van der Waals surface area contributed by atoms with E-state index in [0.717, 1.165) is 27.8 Å². The number of hydrogen-bond donors (Lipinski definition) is 1. The molecule has 1 aromatic heterocycles. The number of nitrogens with one attached hydrogen (secondary N) is 1. The van der Waals surface area contributed by atoms with E-state index in [2.05, 4.69) is 29.4 Å². The predicted octanol–water partition coefficient (Wildman–Crippen LogP) is 5.47.